The molecule has 1 heterocycles. The summed E-state index contributed by atoms with van der Waals surface area (Å²) in [5, 5.41) is 3.11. The lowest BCUT2D eigenvalue weighted by atomic mass is 9.96. The number of rotatable bonds is 10. The first-order valence-electron chi connectivity index (χ1n) is 8.45. The van der Waals surface area contributed by atoms with E-state index in [9.17, 15) is 4.79 Å². The van der Waals surface area contributed by atoms with Gasteiger partial charge in [-0.15, -0.1) is 0 Å². The maximum absolute atomic E-state index is 11.7. The minimum Gasteiger partial charge on any atom is -0.356 e. The molecule has 1 saturated heterocycles. The number of hydrogen-bond donors (Lipinski definition) is 2. The molecule has 0 aromatic rings. The third-order valence-corrected chi connectivity index (χ3v) is 4.19. The summed E-state index contributed by atoms with van der Waals surface area (Å²) in [7, 11) is 0. The van der Waals surface area contributed by atoms with E-state index in [1.54, 1.807) is 0 Å². The number of carbonyl (C=O) groups is 1. The van der Waals surface area contributed by atoms with Crippen LogP contribution in [-0.4, -0.2) is 43.5 Å². The molecule has 0 bridgehead atoms. The van der Waals surface area contributed by atoms with Crippen molar-refractivity contribution in [1.29, 1.82) is 0 Å². The predicted octanol–water partition coefficient (Wildman–Crippen LogP) is 2.13. The van der Waals surface area contributed by atoms with E-state index in [1.165, 1.54) is 38.9 Å². The van der Waals surface area contributed by atoms with Crippen LogP contribution in [0.3, 0.4) is 0 Å². The highest BCUT2D eigenvalue weighted by atomic mass is 16.1. The van der Waals surface area contributed by atoms with Gasteiger partial charge in [0, 0.05) is 13.0 Å². The zero-order chi connectivity index (χ0) is 14.6. The molecule has 0 aromatic carbocycles. The SMILES string of the molecule is CCCN1CCC(CNC(=O)CCCCCCN)CC1. The Morgan fingerprint density at radius 1 is 1.20 bits per heavy atom. The number of likely N-dealkylation sites (tertiary alicyclic amines) is 1. The van der Waals surface area contributed by atoms with Gasteiger partial charge in [-0.3, -0.25) is 4.79 Å². The van der Waals surface area contributed by atoms with Gasteiger partial charge in [-0.05, 0) is 64.2 Å². The third-order valence-electron chi connectivity index (χ3n) is 4.19. The molecule has 4 nitrogen and oxygen atoms in total. The fraction of sp³-hybridized carbons (Fsp3) is 0.938. The van der Waals surface area contributed by atoms with Crippen molar-refractivity contribution in [2.24, 2.45) is 11.7 Å². The first kappa shape index (κ1) is 17.4. The Morgan fingerprint density at radius 2 is 1.90 bits per heavy atom. The van der Waals surface area contributed by atoms with Crippen molar-refractivity contribution in [3.63, 3.8) is 0 Å². The summed E-state index contributed by atoms with van der Waals surface area (Å²) in [6.45, 7) is 7.51. The van der Waals surface area contributed by atoms with Crippen molar-refractivity contribution in [1.82, 2.24) is 10.2 Å². The Balaban J connectivity index is 1.99. The molecular weight excluding hydrogens is 250 g/mol. The van der Waals surface area contributed by atoms with Crippen LogP contribution in [0, 0.1) is 5.92 Å². The number of amides is 1. The highest BCUT2D eigenvalue weighted by molar-refractivity contribution is 5.75. The summed E-state index contributed by atoms with van der Waals surface area (Å²) in [6.07, 6.45) is 8.75. The molecule has 0 spiro atoms. The molecule has 0 aromatic heterocycles. The normalized spacial score (nSPS) is 17.3. The summed E-state index contributed by atoms with van der Waals surface area (Å²) < 4.78 is 0. The van der Waals surface area contributed by atoms with E-state index in [1.807, 2.05) is 0 Å². The van der Waals surface area contributed by atoms with E-state index < -0.39 is 0 Å². The fourth-order valence-corrected chi connectivity index (χ4v) is 2.86. The third kappa shape index (κ3) is 7.85. The maximum Gasteiger partial charge on any atom is 0.220 e. The Bertz CT molecular complexity index is 250. The average Bonchev–Trinajstić information content (AvgIpc) is 2.47. The van der Waals surface area contributed by atoms with E-state index in [-0.39, 0.29) is 5.91 Å². The second kappa shape index (κ2) is 11.1. The lowest BCUT2D eigenvalue weighted by Gasteiger charge is -2.31. The summed E-state index contributed by atoms with van der Waals surface area (Å²) in [4.78, 5) is 14.3. The van der Waals surface area contributed by atoms with Crippen molar-refractivity contribution >= 4 is 5.91 Å². The summed E-state index contributed by atoms with van der Waals surface area (Å²) in [5.74, 6) is 0.915. The number of piperidine rings is 1. The van der Waals surface area contributed by atoms with Gasteiger partial charge in [-0.1, -0.05) is 19.8 Å². The highest BCUT2D eigenvalue weighted by Crippen LogP contribution is 2.16. The molecule has 1 amide bonds. The molecule has 0 saturated carbocycles. The molecule has 4 heteroatoms. The molecule has 0 aliphatic carbocycles. The van der Waals surface area contributed by atoms with E-state index in [4.69, 9.17) is 5.73 Å². The van der Waals surface area contributed by atoms with Crippen LogP contribution in [0.15, 0.2) is 0 Å². The monoisotopic (exact) mass is 283 g/mol. The molecule has 20 heavy (non-hydrogen) atoms. The molecule has 3 N–H and O–H groups in total. The standard InChI is InChI=1S/C16H33N3O/c1-2-11-19-12-8-15(9-13-19)14-18-16(20)7-5-3-4-6-10-17/h15H,2-14,17H2,1H3,(H,18,20). The van der Waals surface area contributed by atoms with Crippen LogP contribution >= 0.6 is 0 Å². The van der Waals surface area contributed by atoms with Crippen molar-refractivity contribution in [2.45, 2.75) is 58.3 Å². The van der Waals surface area contributed by atoms with Gasteiger partial charge in [0.15, 0.2) is 0 Å². The van der Waals surface area contributed by atoms with E-state index in [2.05, 4.69) is 17.1 Å². The quantitative estimate of drug-likeness (QED) is 0.604. The van der Waals surface area contributed by atoms with E-state index in [0.29, 0.717) is 12.3 Å². The minimum atomic E-state index is 0.230. The fourth-order valence-electron chi connectivity index (χ4n) is 2.86. The van der Waals surface area contributed by atoms with Gasteiger partial charge in [-0.2, -0.15) is 0 Å². The van der Waals surface area contributed by atoms with Gasteiger partial charge < -0.3 is 16.0 Å². The molecule has 0 radical (unpaired) electrons. The maximum atomic E-state index is 11.7. The van der Waals surface area contributed by atoms with E-state index >= 15 is 0 Å². The molecular formula is C16H33N3O. The lowest BCUT2D eigenvalue weighted by molar-refractivity contribution is -0.121. The van der Waals surface area contributed by atoms with Crippen LogP contribution in [-0.2, 0) is 4.79 Å². The zero-order valence-corrected chi connectivity index (χ0v) is 13.2. The van der Waals surface area contributed by atoms with Crippen molar-refractivity contribution in [2.75, 3.05) is 32.7 Å². The van der Waals surface area contributed by atoms with Crippen LogP contribution in [0.2, 0.25) is 0 Å². The summed E-state index contributed by atoms with van der Waals surface area (Å²) >= 11 is 0. The lowest BCUT2D eigenvalue weighted by Crippen LogP contribution is -2.38. The largest absolute Gasteiger partial charge is 0.356 e. The topological polar surface area (TPSA) is 58.4 Å². The number of hydrogen-bond acceptors (Lipinski definition) is 3. The number of nitrogens with two attached hydrogens (primary N) is 1. The van der Waals surface area contributed by atoms with Crippen molar-refractivity contribution in [3.05, 3.63) is 0 Å². The first-order chi connectivity index (χ1) is 9.76. The van der Waals surface area contributed by atoms with Gasteiger partial charge in [0.25, 0.3) is 0 Å². The van der Waals surface area contributed by atoms with Crippen LogP contribution in [0.1, 0.15) is 58.3 Å². The summed E-state index contributed by atoms with van der Waals surface area (Å²) in [6, 6.07) is 0. The Hall–Kier alpha value is -0.610. The van der Waals surface area contributed by atoms with Gasteiger partial charge in [0.05, 0.1) is 0 Å². The van der Waals surface area contributed by atoms with Gasteiger partial charge in [0.1, 0.15) is 0 Å². The van der Waals surface area contributed by atoms with Gasteiger partial charge >= 0.3 is 0 Å². The highest BCUT2D eigenvalue weighted by Gasteiger charge is 2.18. The van der Waals surface area contributed by atoms with Crippen LogP contribution < -0.4 is 11.1 Å². The number of nitrogens with zero attached hydrogens (tertiary/aromatic N) is 1. The molecule has 1 aliphatic heterocycles. The summed E-state index contributed by atoms with van der Waals surface area (Å²) in [5.41, 5.74) is 5.45. The number of unbranched alkanes of at least 4 members (excludes halogenated alkanes) is 3. The molecule has 118 valence electrons. The average molecular weight is 283 g/mol. The van der Waals surface area contributed by atoms with E-state index in [0.717, 1.165) is 38.8 Å². The second-order valence-corrected chi connectivity index (χ2v) is 6.04. The number of nitrogens with one attached hydrogen (secondary N) is 1. The molecule has 1 aliphatic rings. The van der Waals surface area contributed by atoms with Crippen LogP contribution in [0.5, 0.6) is 0 Å². The van der Waals surface area contributed by atoms with Gasteiger partial charge in [0.2, 0.25) is 5.91 Å². The Labute approximate surface area is 124 Å². The molecule has 1 fully saturated rings. The van der Waals surface area contributed by atoms with Crippen LogP contribution in [0.4, 0.5) is 0 Å². The van der Waals surface area contributed by atoms with Crippen molar-refractivity contribution in [3.8, 4) is 0 Å². The predicted molar refractivity (Wildman–Crippen MR) is 84.6 cm³/mol. The smallest absolute Gasteiger partial charge is 0.220 e. The van der Waals surface area contributed by atoms with Gasteiger partial charge in [-0.25, -0.2) is 0 Å². The molecule has 1 rings (SSSR count). The molecule has 0 unspecified atom stereocenters. The Kier molecular flexibility index (Phi) is 9.67. The Morgan fingerprint density at radius 3 is 2.55 bits per heavy atom. The molecule has 0 atom stereocenters. The van der Waals surface area contributed by atoms with Crippen LogP contribution in [0.25, 0.3) is 0 Å². The van der Waals surface area contributed by atoms with Crippen molar-refractivity contribution < 1.29 is 4.79 Å². The first-order valence-corrected chi connectivity index (χ1v) is 8.45. The minimum absolute atomic E-state index is 0.230. The second-order valence-electron chi connectivity index (χ2n) is 6.04. The number of carbonyl (C=O) groups excluding carboxylic acids is 1. The zero-order valence-electron chi connectivity index (χ0n) is 13.2.